The van der Waals surface area contributed by atoms with Gasteiger partial charge in [-0.05, 0) is 83.1 Å². The first kappa shape index (κ1) is 26.4. The highest BCUT2D eigenvalue weighted by Crippen LogP contribution is 2.29. The molecule has 1 fully saturated rings. The maximum atomic E-state index is 12.9. The summed E-state index contributed by atoms with van der Waals surface area (Å²) in [5, 5.41) is 0. The summed E-state index contributed by atoms with van der Waals surface area (Å²) < 4.78 is 24.7. The molecule has 1 aliphatic rings. The van der Waals surface area contributed by atoms with Gasteiger partial charge in [0.05, 0.1) is 5.60 Å². The minimum atomic E-state index is -0.399. The van der Waals surface area contributed by atoms with Crippen molar-refractivity contribution in [3.8, 4) is 0 Å². The SMILES string of the molecule is C=C/C(=C(/C)C(C)(C)OCCC/C=C\C(=C\C(=C)F)CC)N(CC)C1CCOCC1. The Labute approximate surface area is 184 Å². The van der Waals surface area contributed by atoms with Gasteiger partial charge in [-0.25, -0.2) is 4.39 Å². The van der Waals surface area contributed by atoms with E-state index in [0.29, 0.717) is 12.6 Å². The third-order valence-electron chi connectivity index (χ3n) is 5.82. The maximum Gasteiger partial charge on any atom is 0.116 e. The summed E-state index contributed by atoms with van der Waals surface area (Å²) in [6.07, 6.45) is 12.2. The first-order valence-corrected chi connectivity index (χ1v) is 11.3. The lowest BCUT2D eigenvalue weighted by Gasteiger charge is -2.39. The van der Waals surface area contributed by atoms with Crippen LogP contribution in [0.25, 0.3) is 0 Å². The lowest BCUT2D eigenvalue weighted by Crippen LogP contribution is -2.40. The Morgan fingerprint density at radius 3 is 2.47 bits per heavy atom. The van der Waals surface area contributed by atoms with Gasteiger partial charge in [-0.1, -0.05) is 32.2 Å². The molecule has 0 radical (unpaired) electrons. The molecule has 0 aliphatic carbocycles. The number of ether oxygens (including phenoxy) is 2. The molecule has 0 bridgehead atoms. The van der Waals surface area contributed by atoms with Gasteiger partial charge in [-0.15, -0.1) is 0 Å². The predicted molar refractivity (Wildman–Crippen MR) is 126 cm³/mol. The molecule has 0 spiro atoms. The highest BCUT2D eigenvalue weighted by atomic mass is 19.1. The molecule has 4 heteroatoms. The van der Waals surface area contributed by atoms with Gasteiger partial charge in [-0.2, -0.15) is 0 Å². The van der Waals surface area contributed by atoms with Gasteiger partial charge < -0.3 is 14.4 Å². The van der Waals surface area contributed by atoms with Crippen molar-refractivity contribution < 1.29 is 13.9 Å². The largest absolute Gasteiger partial charge is 0.381 e. The normalized spacial score (nSPS) is 17.2. The number of likely N-dealkylation sites (N-methyl/N-ethyl adjacent to an activating group) is 1. The van der Waals surface area contributed by atoms with Crippen LogP contribution in [-0.4, -0.2) is 42.9 Å². The van der Waals surface area contributed by atoms with Crippen molar-refractivity contribution in [3.63, 3.8) is 0 Å². The van der Waals surface area contributed by atoms with Gasteiger partial charge in [-0.3, -0.25) is 0 Å². The first-order chi connectivity index (χ1) is 14.3. The molecule has 0 aromatic carbocycles. The molecule has 1 rings (SSSR count). The van der Waals surface area contributed by atoms with Crippen molar-refractivity contribution >= 4 is 0 Å². The van der Waals surface area contributed by atoms with Crippen molar-refractivity contribution in [1.29, 1.82) is 0 Å². The monoisotopic (exact) mass is 419 g/mol. The zero-order chi connectivity index (χ0) is 22.6. The Bertz CT molecular complexity index is 639. The van der Waals surface area contributed by atoms with E-state index < -0.39 is 5.83 Å². The molecule has 3 nitrogen and oxygen atoms in total. The smallest absolute Gasteiger partial charge is 0.116 e. The fourth-order valence-corrected chi connectivity index (χ4v) is 3.76. The predicted octanol–water partition coefficient (Wildman–Crippen LogP) is 6.90. The van der Waals surface area contributed by atoms with E-state index in [0.717, 1.165) is 57.4 Å². The topological polar surface area (TPSA) is 21.7 Å². The van der Waals surface area contributed by atoms with Crippen molar-refractivity contribution in [1.82, 2.24) is 4.90 Å². The molecule has 0 atom stereocenters. The highest BCUT2D eigenvalue weighted by molar-refractivity contribution is 5.28. The summed E-state index contributed by atoms with van der Waals surface area (Å²) in [5.41, 5.74) is 2.97. The van der Waals surface area contributed by atoms with E-state index >= 15 is 0 Å². The third-order valence-corrected chi connectivity index (χ3v) is 5.82. The zero-order valence-electron chi connectivity index (χ0n) is 19.8. The summed E-state index contributed by atoms with van der Waals surface area (Å²) in [6, 6.07) is 0.494. The Kier molecular flexibility index (Phi) is 12.0. The van der Waals surface area contributed by atoms with Crippen LogP contribution in [0.5, 0.6) is 0 Å². The third kappa shape index (κ3) is 8.61. The van der Waals surface area contributed by atoms with E-state index in [1.165, 1.54) is 17.3 Å². The molecule has 0 unspecified atom stereocenters. The summed E-state index contributed by atoms with van der Waals surface area (Å²) in [6.45, 7) is 21.3. The Morgan fingerprint density at radius 2 is 1.93 bits per heavy atom. The number of halogens is 1. The van der Waals surface area contributed by atoms with Crippen LogP contribution in [0.3, 0.4) is 0 Å². The second-order valence-corrected chi connectivity index (χ2v) is 8.27. The fourth-order valence-electron chi connectivity index (χ4n) is 3.76. The van der Waals surface area contributed by atoms with Crippen LogP contribution in [0, 0.1) is 0 Å². The van der Waals surface area contributed by atoms with Crippen LogP contribution in [-0.2, 0) is 9.47 Å². The molecule has 1 heterocycles. The van der Waals surface area contributed by atoms with Crippen LogP contribution >= 0.6 is 0 Å². The second kappa shape index (κ2) is 13.6. The number of nitrogens with zero attached hydrogens (tertiary/aromatic N) is 1. The fraction of sp³-hybridized carbons (Fsp3) is 0.615. The Balaban J connectivity index is 2.69. The zero-order valence-corrected chi connectivity index (χ0v) is 19.8. The molecule has 0 N–H and O–H groups in total. The minimum absolute atomic E-state index is 0.369. The summed E-state index contributed by atoms with van der Waals surface area (Å²) in [5.74, 6) is -0.399. The maximum absolute atomic E-state index is 12.9. The van der Waals surface area contributed by atoms with Crippen molar-refractivity contribution in [2.45, 2.75) is 78.4 Å². The second-order valence-electron chi connectivity index (χ2n) is 8.27. The molecule has 0 saturated carbocycles. The van der Waals surface area contributed by atoms with Crippen molar-refractivity contribution in [3.05, 3.63) is 60.1 Å². The van der Waals surface area contributed by atoms with Crippen LogP contribution in [0.2, 0.25) is 0 Å². The van der Waals surface area contributed by atoms with Gasteiger partial charge in [0.1, 0.15) is 5.83 Å². The molecule has 170 valence electrons. The number of hydrogen-bond donors (Lipinski definition) is 0. The van der Waals surface area contributed by atoms with E-state index in [1.54, 1.807) is 0 Å². The molecule has 1 saturated heterocycles. The quantitative estimate of drug-likeness (QED) is 0.239. The van der Waals surface area contributed by atoms with E-state index in [4.69, 9.17) is 9.47 Å². The standard InChI is InChI=1S/C26H42FNO2/c1-8-23(20-21(4)27)14-12-11-13-17-30-26(6,7)22(5)25(9-2)28(10-3)24-15-18-29-19-16-24/h9,12,14,20,24H,2,4,8,10-11,13,15-19H2,1,3,5-7H3/b14-12-,23-20+,25-22+. The average molecular weight is 420 g/mol. The van der Waals surface area contributed by atoms with Crippen molar-refractivity contribution in [2.24, 2.45) is 0 Å². The van der Waals surface area contributed by atoms with E-state index in [-0.39, 0.29) is 5.60 Å². The molecular weight excluding hydrogens is 377 g/mol. The van der Waals surface area contributed by atoms with Crippen LogP contribution in [0.1, 0.15) is 66.7 Å². The Hall–Kier alpha value is -1.65. The summed E-state index contributed by atoms with van der Waals surface area (Å²) in [7, 11) is 0. The lowest BCUT2D eigenvalue weighted by molar-refractivity contribution is 0.00591. The molecule has 0 amide bonds. The molecule has 0 aromatic rings. The molecule has 0 aromatic heterocycles. The first-order valence-electron chi connectivity index (χ1n) is 11.3. The average Bonchev–Trinajstić information content (AvgIpc) is 2.73. The molecular formula is C26H42FNO2. The van der Waals surface area contributed by atoms with Gasteiger partial charge in [0.2, 0.25) is 0 Å². The number of rotatable bonds is 13. The van der Waals surface area contributed by atoms with Crippen molar-refractivity contribution in [2.75, 3.05) is 26.4 Å². The number of allylic oxidation sites excluding steroid dienone is 6. The van der Waals surface area contributed by atoms with E-state index in [1.807, 2.05) is 19.1 Å². The van der Waals surface area contributed by atoms with Crippen LogP contribution < -0.4 is 0 Å². The van der Waals surface area contributed by atoms with E-state index in [9.17, 15) is 4.39 Å². The summed E-state index contributed by atoms with van der Waals surface area (Å²) >= 11 is 0. The van der Waals surface area contributed by atoms with Gasteiger partial charge >= 0.3 is 0 Å². The molecule has 30 heavy (non-hydrogen) atoms. The summed E-state index contributed by atoms with van der Waals surface area (Å²) in [4.78, 5) is 2.45. The van der Waals surface area contributed by atoms with Gasteiger partial charge in [0.15, 0.2) is 0 Å². The molecule has 1 aliphatic heterocycles. The minimum Gasteiger partial charge on any atom is -0.381 e. The van der Waals surface area contributed by atoms with Gasteiger partial charge in [0.25, 0.3) is 0 Å². The highest BCUT2D eigenvalue weighted by Gasteiger charge is 2.28. The van der Waals surface area contributed by atoms with Crippen LogP contribution in [0.4, 0.5) is 4.39 Å². The van der Waals surface area contributed by atoms with Gasteiger partial charge in [0, 0.05) is 38.1 Å². The number of unbranched alkanes of at least 4 members (excludes halogenated alkanes) is 1. The number of hydrogen-bond acceptors (Lipinski definition) is 3. The Morgan fingerprint density at radius 1 is 1.27 bits per heavy atom. The van der Waals surface area contributed by atoms with Crippen LogP contribution in [0.15, 0.2) is 60.1 Å². The van der Waals surface area contributed by atoms with E-state index in [2.05, 4.69) is 51.8 Å². The lowest BCUT2D eigenvalue weighted by atomic mass is 9.95.